The summed E-state index contributed by atoms with van der Waals surface area (Å²) in [7, 11) is 3.16. The molecule has 0 radical (unpaired) electrons. The first-order chi connectivity index (χ1) is 9.97. The fourth-order valence-electron chi connectivity index (χ4n) is 2.05. The Labute approximate surface area is 123 Å². The summed E-state index contributed by atoms with van der Waals surface area (Å²) in [6, 6.07) is 8.86. The third-order valence-corrected chi connectivity index (χ3v) is 3.28. The van der Waals surface area contributed by atoms with Crippen LogP contribution in [0.4, 0.5) is 0 Å². The molecule has 0 unspecified atom stereocenters. The van der Waals surface area contributed by atoms with Crippen molar-refractivity contribution in [1.29, 1.82) is 0 Å². The van der Waals surface area contributed by atoms with Crippen LogP contribution in [0.5, 0.6) is 11.5 Å². The highest BCUT2D eigenvalue weighted by atomic mass is 16.5. The quantitative estimate of drug-likeness (QED) is 0.919. The largest absolute Gasteiger partial charge is 0.493 e. The van der Waals surface area contributed by atoms with E-state index in [1.807, 2.05) is 32.0 Å². The van der Waals surface area contributed by atoms with E-state index in [1.165, 1.54) is 6.26 Å². The van der Waals surface area contributed by atoms with Gasteiger partial charge in [0.05, 0.1) is 26.0 Å². The number of amides is 1. The van der Waals surface area contributed by atoms with Gasteiger partial charge < -0.3 is 19.2 Å². The zero-order valence-corrected chi connectivity index (χ0v) is 12.6. The second kappa shape index (κ2) is 5.91. The molecule has 0 aliphatic rings. The van der Waals surface area contributed by atoms with Gasteiger partial charge in [-0.15, -0.1) is 0 Å². The van der Waals surface area contributed by atoms with Crippen LogP contribution in [0, 0.1) is 0 Å². The van der Waals surface area contributed by atoms with Crippen LogP contribution in [-0.4, -0.2) is 20.1 Å². The number of benzene rings is 1. The van der Waals surface area contributed by atoms with Crippen LogP contribution >= 0.6 is 0 Å². The zero-order chi connectivity index (χ0) is 15.5. The van der Waals surface area contributed by atoms with Crippen molar-refractivity contribution in [3.63, 3.8) is 0 Å². The Morgan fingerprint density at radius 1 is 1.14 bits per heavy atom. The van der Waals surface area contributed by atoms with E-state index in [0.717, 1.165) is 5.56 Å². The number of carbonyl (C=O) groups is 1. The molecule has 2 rings (SSSR count). The van der Waals surface area contributed by atoms with Gasteiger partial charge in [-0.1, -0.05) is 6.07 Å². The van der Waals surface area contributed by atoms with Crippen LogP contribution in [0.3, 0.4) is 0 Å². The molecular formula is C16H19NO4. The summed E-state index contributed by atoms with van der Waals surface area (Å²) in [6.45, 7) is 3.82. The fraction of sp³-hybridized carbons (Fsp3) is 0.312. The molecule has 21 heavy (non-hydrogen) atoms. The van der Waals surface area contributed by atoms with Crippen LogP contribution in [0.2, 0.25) is 0 Å². The number of carbonyl (C=O) groups excluding carboxylic acids is 1. The molecule has 112 valence electrons. The van der Waals surface area contributed by atoms with Crippen LogP contribution < -0.4 is 14.8 Å². The van der Waals surface area contributed by atoms with E-state index >= 15 is 0 Å². The number of furan rings is 1. The molecule has 5 heteroatoms. The Hall–Kier alpha value is -2.43. The highest BCUT2D eigenvalue weighted by Crippen LogP contribution is 2.32. The maximum absolute atomic E-state index is 12.1. The third-order valence-electron chi connectivity index (χ3n) is 3.28. The van der Waals surface area contributed by atoms with Gasteiger partial charge in [-0.25, -0.2) is 0 Å². The molecule has 2 aromatic rings. The lowest BCUT2D eigenvalue weighted by molar-refractivity contribution is 0.0883. The summed E-state index contributed by atoms with van der Waals surface area (Å²) in [5.74, 6) is 1.29. The summed E-state index contributed by atoms with van der Waals surface area (Å²) in [5, 5.41) is 2.93. The molecule has 1 aromatic carbocycles. The van der Waals surface area contributed by atoms with E-state index in [2.05, 4.69) is 5.32 Å². The number of hydrogen-bond acceptors (Lipinski definition) is 4. The summed E-state index contributed by atoms with van der Waals surface area (Å²) in [4.78, 5) is 12.1. The zero-order valence-electron chi connectivity index (χ0n) is 12.6. The highest BCUT2D eigenvalue weighted by Gasteiger charge is 2.25. The van der Waals surface area contributed by atoms with Crippen LogP contribution in [-0.2, 0) is 5.54 Å². The molecule has 0 atom stereocenters. The molecule has 0 aliphatic carbocycles. The number of ether oxygens (including phenoxy) is 2. The Balaban J connectivity index is 2.24. The van der Waals surface area contributed by atoms with Crippen molar-refractivity contribution in [3.8, 4) is 11.5 Å². The average Bonchev–Trinajstić information content (AvgIpc) is 3.00. The van der Waals surface area contributed by atoms with Gasteiger partial charge in [-0.3, -0.25) is 4.79 Å². The van der Waals surface area contributed by atoms with Crippen molar-refractivity contribution in [2.24, 2.45) is 0 Å². The van der Waals surface area contributed by atoms with Crippen LogP contribution in [0.15, 0.2) is 41.0 Å². The fourth-order valence-corrected chi connectivity index (χ4v) is 2.05. The van der Waals surface area contributed by atoms with Gasteiger partial charge in [0, 0.05) is 0 Å². The predicted octanol–water partition coefficient (Wildman–Crippen LogP) is 2.96. The lowest BCUT2D eigenvalue weighted by Crippen LogP contribution is -2.40. The van der Waals surface area contributed by atoms with Gasteiger partial charge in [0.15, 0.2) is 17.3 Å². The van der Waals surface area contributed by atoms with Crippen LogP contribution in [0.25, 0.3) is 0 Å². The Kier molecular flexibility index (Phi) is 4.21. The van der Waals surface area contributed by atoms with Crippen molar-refractivity contribution >= 4 is 5.91 Å². The molecule has 1 amide bonds. The minimum Gasteiger partial charge on any atom is -0.493 e. The van der Waals surface area contributed by atoms with Gasteiger partial charge >= 0.3 is 0 Å². The van der Waals surface area contributed by atoms with E-state index in [4.69, 9.17) is 13.9 Å². The topological polar surface area (TPSA) is 60.7 Å². The van der Waals surface area contributed by atoms with E-state index in [9.17, 15) is 4.79 Å². The van der Waals surface area contributed by atoms with Gasteiger partial charge in [-0.05, 0) is 43.7 Å². The predicted molar refractivity (Wildman–Crippen MR) is 78.7 cm³/mol. The lowest BCUT2D eigenvalue weighted by Gasteiger charge is -2.27. The summed E-state index contributed by atoms with van der Waals surface area (Å²) < 4.78 is 15.6. The van der Waals surface area contributed by atoms with Crippen molar-refractivity contribution in [1.82, 2.24) is 5.32 Å². The average molecular weight is 289 g/mol. The van der Waals surface area contributed by atoms with Crippen molar-refractivity contribution in [3.05, 3.63) is 47.9 Å². The van der Waals surface area contributed by atoms with E-state index < -0.39 is 5.54 Å². The number of nitrogens with one attached hydrogen (secondary N) is 1. The second-order valence-corrected chi connectivity index (χ2v) is 5.13. The number of rotatable bonds is 5. The van der Waals surface area contributed by atoms with Crippen LogP contribution in [0.1, 0.15) is 30.0 Å². The van der Waals surface area contributed by atoms with Gasteiger partial charge in [0.2, 0.25) is 0 Å². The Bertz CT molecular complexity index is 617. The summed E-state index contributed by atoms with van der Waals surface area (Å²) in [6.07, 6.45) is 1.47. The Morgan fingerprint density at radius 3 is 2.43 bits per heavy atom. The number of methoxy groups -OCH3 is 2. The molecule has 0 aliphatic heterocycles. The standard InChI is InChI=1S/C16H19NO4/c1-16(2,17-15(18)13-6-5-9-21-13)11-7-8-12(19-3)14(10-11)20-4/h5-10H,1-4H3,(H,17,18). The lowest BCUT2D eigenvalue weighted by atomic mass is 9.93. The van der Waals surface area contributed by atoms with Crippen molar-refractivity contribution < 1.29 is 18.7 Å². The van der Waals surface area contributed by atoms with Gasteiger partial charge in [-0.2, -0.15) is 0 Å². The maximum Gasteiger partial charge on any atom is 0.287 e. The molecule has 1 N–H and O–H groups in total. The molecule has 0 spiro atoms. The maximum atomic E-state index is 12.1. The smallest absolute Gasteiger partial charge is 0.287 e. The molecule has 5 nitrogen and oxygen atoms in total. The molecule has 1 heterocycles. The first-order valence-electron chi connectivity index (χ1n) is 6.56. The summed E-state index contributed by atoms with van der Waals surface area (Å²) in [5.41, 5.74) is 0.323. The Morgan fingerprint density at radius 2 is 1.86 bits per heavy atom. The molecule has 1 aromatic heterocycles. The highest BCUT2D eigenvalue weighted by molar-refractivity contribution is 5.92. The molecule has 0 fully saturated rings. The SMILES string of the molecule is COc1ccc(C(C)(C)NC(=O)c2ccco2)cc1OC. The van der Waals surface area contributed by atoms with E-state index in [-0.39, 0.29) is 11.7 Å². The monoisotopic (exact) mass is 289 g/mol. The molecule has 0 saturated carbocycles. The second-order valence-electron chi connectivity index (χ2n) is 5.13. The first-order valence-corrected chi connectivity index (χ1v) is 6.56. The third kappa shape index (κ3) is 3.18. The van der Waals surface area contributed by atoms with Gasteiger partial charge in [0.25, 0.3) is 5.91 Å². The summed E-state index contributed by atoms with van der Waals surface area (Å²) >= 11 is 0. The van der Waals surface area contributed by atoms with Gasteiger partial charge in [0.1, 0.15) is 0 Å². The molecule has 0 saturated heterocycles. The first kappa shape index (κ1) is 15.0. The van der Waals surface area contributed by atoms with E-state index in [0.29, 0.717) is 11.5 Å². The molecular weight excluding hydrogens is 270 g/mol. The minimum absolute atomic E-state index is 0.264. The van der Waals surface area contributed by atoms with E-state index in [1.54, 1.807) is 26.4 Å². The molecule has 0 bridgehead atoms. The van der Waals surface area contributed by atoms with Crippen molar-refractivity contribution in [2.45, 2.75) is 19.4 Å². The normalized spacial score (nSPS) is 11.0. The minimum atomic E-state index is -0.580. The van der Waals surface area contributed by atoms with Crippen molar-refractivity contribution in [2.75, 3.05) is 14.2 Å². The number of hydrogen-bond donors (Lipinski definition) is 1.